The summed E-state index contributed by atoms with van der Waals surface area (Å²) in [5.41, 5.74) is 1.64. The van der Waals surface area contributed by atoms with Gasteiger partial charge < -0.3 is 0 Å². The summed E-state index contributed by atoms with van der Waals surface area (Å²) in [6.07, 6.45) is 4.12. The summed E-state index contributed by atoms with van der Waals surface area (Å²) in [5, 5.41) is 0. The topological polar surface area (TPSA) is 0 Å². The maximum atomic E-state index is 2.51. The van der Waals surface area contributed by atoms with Crippen molar-refractivity contribution in [2.45, 2.75) is 64.7 Å². The van der Waals surface area contributed by atoms with Crippen LogP contribution in [0.1, 0.15) is 80.0 Å². The van der Waals surface area contributed by atoms with Crippen molar-refractivity contribution >= 4 is 11.3 Å². The lowest BCUT2D eigenvalue weighted by Gasteiger charge is -2.11. The second-order valence-corrected chi connectivity index (χ2v) is 6.32. The molecule has 1 aromatic heterocycles. The van der Waals surface area contributed by atoms with E-state index in [0.29, 0.717) is 5.92 Å². The smallest absolute Gasteiger partial charge is 0.0108 e. The van der Waals surface area contributed by atoms with E-state index in [9.17, 15) is 0 Å². The number of hydrogen-bond acceptors (Lipinski definition) is 1. The molecule has 15 heavy (non-hydrogen) atoms. The summed E-state index contributed by atoms with van der Waals surface area (Å²) < 4.78 is 0. The maximum absolute atomic E-state index is 2.51. The Morgan fingerprint density at radius 1 is 1.33 bits per heavy atom. The second kappa shape index (κ2) is 4.29. The van der Waals surface area contributed by atoms with Gasteiger partial charge in [-0.3, -0.25) is 0 Å². The monoisotopic (exact) mass is 222 g/mol. The molecule has 0 bridgehead atoms. The van der Waals surface area contributed by atoms with Crippen molar-refractivity contribution < 1.29 is 0 Å². The molecule has 0 radical (unpaired) electrons. The molecule has 0 saturated heterocycles. The van der Waals surface area contributed by atoms with Gasteiger partial charge in [-0.05, 0) is 48.6 Å². The second-order valence-electron chi connectivity index (χ2n) is 5.21. The van der Waals surface area contributed by atoms with Crippen LogP contribution in [0.15, 0.2) is 6.07 Å². The van der Waals surface area contributed by atoms with Gasteiger partial charge in [0.2, 0.25) is 0 Å². The first kappa shape index (κ1) is 11.2. The highest BCUT2D eigenvalue weighted by atomic mass is 32.1. The number of rotatable bonds is 4. The molecule has 1 fully saturated rings. The zero-order valence-corrected chi connectivity index (χ0v) is 11.2. The van der Waals surface area contributed by atoms with Crippen molar-refractivity contribution in [1.82, 2.24) is 0 Å². The van der Waals surface area contributed by atoms with Crippen LogP contribution >= 0.6 is 11.3 Å². The average Bonchev–Trinajstić information content (AvgIpc) is 2.96. The van der Waals surface area contributed by atoms with Gasteiger partial charge in [-0.25, -0.2) is 0 Å². The van der Waals surface area contributed by atoms with E-state index in [1.807, 2.05) is 0 Å². The van der Waals surface area contributed by atoms with E-state index in [2.05, 4.69) is 45.1 Å². The van der Waals surface area contributed by atoms with E-state index in [-0.39, 0.29) is 0 Å². The van der Waals surface area contributed by atoms with Crippen LogP contribution in [0.25, 0.3) is 0 Å². The normalized spacial score (nSPS) is 18.5. The minimum atomic E-state index is 0.700. The summed E-state index contributed by atoms with van der Waals surface area (Å²) in [7, 11) is 0. The molecule has 1 aromatic rings. The quantitative estimate of drug-likeness (QED) is 0.651. The Bertz CT molecular complexity index is 331. The SMILES string of the molecule is CCC(C)c1cc(C2CC2)sc1C(C)C. The highest BCUT2D eigenvalue weighted by Crippen LogP contribution is 2.47. The predicted molar refractivity (Wildman–Crippen MR) is 69.1 cm³/mol. The van der Waals surface area contributed by atoms with Gasteiger partial charge in [0.25, 0.3) is 0 Å². The summed E-state index contributed by atoms with van der Waals surface area (Å²) in [4.78, 5) is 3.31. The molecule has 0 aliphatic heterocycles. The molecule has 1 heterocycles. The van der Waals surface area contributed by atoms with Crippen molar-refractivity contribution in [3.63, 3.8) is 0 Å². The van der Waals surface area contributed by atoms with E-state index >= 15 is 0 Å². The molecular weight excluding hydrogens is 200 g/mol. The van der Waals surface area contributed by atoms with Crippen molar-refractivity contribution in [2.75, 3.05) is 0 Å². The number of hydrogen-bond donors (Lipinski definition) is 0. The first-order valence-electron chi connectivity index (χ1n) is 6.27. The molecule has 1 unspecified atom stereocenters. The van der Waals surface area contributed by atoms with Gasteiger partial charge in [0.15, 0.2) is 0 Å². The Labute approximate surface area is 97.7 Å². The first-order chi connectivity index (χ1) is 7.13. The van der Waals surface area contributed by atoms with E-state index in [1.165, 1.54) is 19.3 Å². The number of thiophene rings is 1. The minimum Gasteiger partial charge on any atom is -0.145 e. The zero-order valence-electron chi connectivity index (χ0n) is 10.3. The Morgan fingerprint density at radius 2 is 2.00 bits per heavy atom. The van der Waals surface area contributed by atoms with E-state index in [1.54, 1.807) is 15.3 Å². The summed E-state index contributed by atoms with van der Waals surface area (Å²) in [5.74, 6) is 2.36. The third-order valence-corrected chi connectivity index (χ3v) is 5.07. The zero-order chi connectivity index (χ0) is 11.0. The average molecular weight is 222 g/mol. The molecule has 1 aliphatic carbocycles. The molecular formula is C14H22S. The van der Waals surface area contributed by atoms with Crippen LogP contribution in [0, 0.1) is 0 Å². The summed E-state index contributed by atoms with van der Waals surface area (Å²) >= 11 is 2.08. The van der Waals surface area contributed by atoms with Crippen LogP contribution in [0.2, 0.25) is 0 Å². The standard InChI is InChI=1S/C14H22S/c1-5-10(4)12-8-13(11-6-7-11)15-14(12)9(2)3/h8-11H,5-7H2,1-4H3. The van der Waals surface area contributed by atoms with Crippen LogP contribution in [0.4, 0.5) is 0 Å². The summed E-state index contributed by atoms with van der Waals surface area (Å²) in [6.45, 7) is 9.32. The first-order valence-corrected chi connectivity index (χ1v) is 7.08. The van der Waals surface area contributed by atoms with E-state index in [4.69, 9.17) is 0 Å². The maximum Gasteiger partial charge on any atom is 0.0108 e. The van der Waals surface area contributed by atoms with Gasteiger partial charge in [-0.15, -0.1) is 11.3 Å². The molecule has 0 N–H and O–H groups in total. The van der Waals surface area contributed by atoms with Gasteiger partial charge in [0.05, 0.1) is 0 Å². The molecule has 1 heteroatoms. The molecule has 0 nitrogen and oxygen atoms in total. The van der Waals surface area contributed by atoms with Crippen molar-refractivity contribution in [2.24, 2.45) is 0 Å². The Balaban J connectivity index is 2.32. The highest BCUT2D eigenvalue weighted by molar-refractivity contribution is 7.12. The highest BCUT2D eigenvalue weighted by Gasteiger charge is 2.27. The predicted octanol–water partition coefficient (Wildman–Crippen LogP) is 5.26. The minimum absolute atomic E-state index is 0.700. The Hall–Kier alpha value is -0.300. The van der Waals surface area contributed by atoms with Gasteiger partial charge in [0, 0.05) is 9.75 Å². The van der Waals surface area contributed by atoms with Crippen molar-refractivity contribution in [3.05, 3.63) is 21.4 Å². The van der Waals surface area contributed by atoms with Gasteiger partial charge in [-0.1, -0.05) is 27.7 Å². The molecule has 1 atom stereocenters. The van der Waals surface area contributed by atoms with Gasteiger partial charge >= 0.3 is 0 Å². The molecule has 0 spiro atoms. The van der Waals surface area contributed by atoms with Crippen LogP contribution in [0.3, 0.4) is 0 Å². The lowest BCUT2D eigenvalue weighted by Crippen LogP contribution is -1.95. The van der Waals surface area contributed by atoms with Crippen LogP contribution in [0.5, 0.6) is 0 Å². The Morgan fingerprint density at radius 3 is 2.47 bits per heavy atom. The molecule has 1 saturated carbocycles. The molecule has 84 valence electrons. The van der Waals surface area contributed by atoms with E-state index in [0.717, 1.165) is 11.8 Å². The fraction of sp³-hybridized carbons (Fsp3) is 0.714. The lowest BCUT2D eigenvalue weighted by atomic mass is 9.95. The third kappa shape index (κ3) is 2.28. The van der Waals surface area contributed by atoms with Gasteiger partial charge in [0.1, 0.15) is 0 Å². The van der Waals surface area contributed by atoms with Crippen LogP contribution in [-0.2, 0) is 0 Å². The molecule has 0 aromatic carbocycles. The third-order valence-electron chi connectivity index (χ3n) is 3.46. The summed E-state index contributed by atoms with van der Waals surface area (Å²) in [6, 6.07) is 2.51. The van der Waals surface area contributed by atoms with Gasteiger partial charge in [-0.2, -0.15) is 0 Å². The van der Waals surface area contributed by atoms with Crippen molar-refractivity contribution in [3.8, 4) is 0 Å². The lowest BCUT2D eigenvalue weighted by molar-refractivity contribution is 0.716. The fourth-order valence-electron chi connectivity index (χ4n) is 2.06. The molecule has 0 amide bonds. The van der Waals surface area contributed by atoms with Crippen molar-refractivity contribution in [1.29, 1.82) is 0 Å². The molecule has 1 aliphatic rings. The Kier molecular flexibility index (Phi) is 3.20. The fourth-order valence-corrected chi connectivity index (χ4v) is 3.52. The van der Waals surface area contributed by atoms with Crippen LogP contribution < -0.4 is 0 Å². The largest absolute Gasteiger partial charge is 0.145 e. The molecule has 2 rings (SSSR count). The van der Waals surface area contributed by atoms with E-state index < -0.39 is 0 Å². The van der Waals surface area contributed by atoms with Crippen LogP contribution in [-0.4, -0.2) is 0 Å².